The monoisotopic (exact) mass is 379 g/mol. The van der Waals surface area contributed by atoms with Gasteiger partial charge in [-0.2, -0.15) is 0 Å². The minimum absolute atomic E-state index is 0.253. The zero-order valence-corrected chi connectivity index (χ0v) is 17.2. The van der Waals surface area contributed by atoms with Crippen LogP contribution in [0.3, 0.4) is 0 Å². The third kappa shape index (κ3) is 2.51. The van der Waals surface area contributed by atoms with Crippen LogP contribution in [0.1, 0.15) is 50.2 Å². The molecule has 27 heavy (non-hydrogen) atoms. The molecular weight excluding hydrogens is 350 g/mol. The summed E-state index contributed by atoms with van der Waals surface area (Å²) in [4.78, 5) is 4.79. The van der Waals surface area contributed by atoms with Gasteiger partial charge in [0.05, 0.1) is 4.90 Å². The van der Waals surface area contributed by atoms with Crippen LogP contribution in [0.5, 0.6) is 5.75 Å². The molecule has 3 atom stereocenters. The lowest BCUT2D eigenvalue weighted by Gasteiger charge is -2.65. The molecular formula is C24H29NOS. The van der Waals surface area contributed by atoms with Crippen LogP contribution in [0.2, 0.25) is 0 Å². The molecule has 1 saturated carbocycles. The fraction of sp³-hybridized carbons (Fsp3) is 0.500. The number of fused-ring (bicyclic) bond motifs is 1. The first-order valence-corrected chi connectivity index (χ1v) is 11.1. The maximum atomic E-state index is 10.9. The van der Waals surface area contributed by atoms with Crippen molar-refractivity contribution in [3.05, 3.63) is 53.6 Å². The van der Waals surface area contributed by atoms with Crippen molar-refractivity contribution < 1.29 is 5.11 Å². The second kappa shape index (κ2) is 6.28. The van der Waals surface area contributed by atoms with Crippen molar-refractivity contribution in [3.63, 3.8) is 0 Å². The summed E-state index contributed by atoms with van der Waals surface area (Å²) in [6.07, 6.45) is 7.63. The summed E-state index contributed by atoms with van der Waals surface area (Å²) in [7, 11) is 2.32. The van der Waals surface area contributed by atoms with E-state index in [1.165, 1.54) is 54.7 Å². The molecule has 1 N–H and O–H groups in total. The van der Waals surface area contributed by atoms with Gasteiger partial charge in [-0.1, -0.05) is 49.7 Å². The largest absolute Gasteiger partial charge is 0.507 e. The van der Waals surface area contributed by atoms with Crippen LogP contribution in [0.15, 0.2) is 52.3 Å². The summed E-state index contributed by atoms with van der Waals surface area (Å²) in [5.74, 6) is 0.460. The highest BCUT2D eigenvalue weighted by Crippen LogP contribution is 2.63. The van der Waals surface area contributed by atoms with E-state index in [0.717, 1.165) is 11.3 Å². The van der Waals surface area contributed by atoms with Gasteiger partial charge in [0.2, 0.25) is 0 Å². The van der Waals surface area contributed by atoms with Gasteiger partial charge in [-0.25, -0.2) is 0 Å². The van der Waals surface area contributed by atoms with E-state index >= 15 is 0 Å². The molecule has 0 aromatic heterocycles. The maximum absolute atomic E-state index is 10.9. The third-order valence-corrected chi connectivity index (χ3v) is 8.94. The molecule has 0 spiro atoms. The lowest BCUT2D eigenvalue weighted by atomic mass is 9.45. The second-order valence-electron chi connectivity index (χ2n) is 9.05. The topological polar surface area (TPSA) is 23.5 Å². The van der Waals surface area contributed by atoms with Crippen molar-refractivity contribution in [1.82, 2.24) is 4.90 Å². The van der Waals surface area contributed by atoms with Crippen LogP contribution in [-0.4, -0.2) is 29.6 Å². The first-order chi connectivity index (χ1) is 13.0. The average molecular weight is 380 g/mol. The van der Waals surface area contributed by atoms with Crippen LogP contribution >= 0.6 is 11.8 Å². The normalized spacial score (nSPS) is 32.6. The van der Waals surface area contributed by atoms with E-state index in [4.69, 9.17) is 0 Å². The van der Waals surface area contributed by atoms with Gasteiger partial charge >= 0.3 is 0 Å². The fourth-order valence-corrected chi connectivity index (χ4v) is 7.35. The van der Waals surface area contributed by atoms with Crippen LogP contribution < -0.4 is 0 Å². The number of likely N-dealkylation sites (tertiary alicyclic amines) is 1. The number of hydrogen-bond donors (Lipinski definition) is 1. The molecule has 2 aromatic rings. The highest BCUT2D eigenvalue weighted by atomic mass is 32.2. The molecule has 2 fully saturated rings. The summed E-state index contributed by atoms with van der Waals surface area (Å²) in [6, 6.07) is 15.4. The Morgan fingerprint density at radius 2 is 1.85 bits per heavy atom. The van der Waals surface area contributed by atoms with Crippen LogP contribution in [0, 0.1) is 5.41 Å². The Hall–Kier alpha value is -1.45. The highest BCUT2D eigenvalue weighted by Gasteiger charge is 2.60. The Bertz CT molecular complexity index is 866. The minimum atomic E-state index is 0.253. The van der Waals surface area contributed by atoms with Crippen LogP contribution in [0.4, 0.5) is 0 Å². The number of phenols is 1. The Balaban J connectivity index is 1.62. The summed E-state index contributed by atoms with van der Waals surface area (Å²) >= 11 is 1.68. The zero-order valence-electron chi connectivity index (χ0n) is 16.4. The Morgan fingerprint density at radius 1 is 1.07 bits per heavy atom. The first-order valence-electron chi connectivity index (χ1n) is 10.3. The van der Waals surface area contributed by atoms with Crippen molar-refractivity contribution >= 4 is 11.8 Å². The maximum Gasteiger partial charge on any atom is 0.129 e. The summed E-state index contributed by atoms with van der Waals surface area (Å²) in [5.41, 5.74) is 3.53. The van der Waals surface area contributed by atoms with Crippen LogP contribution in [-0.2, 0) is 11.8 Å². The molecule has 0 amide bonds. The predicted octanol–water partition coefficient (Wildman–Crippen LogP) is 5.62. The van der Waals surface area contributed by atoms with E-state index in [1.54, 1.807) is 11.8 Å². The quantitative estimate of drug-likeness (QED) is 0.732. The van der Waals surface area contributed by atoms with Gasteiger partial charge in [0.25, 0.3) is 0 Å². The molecule has 3 aliphatic rings. The van der Waals surface area contributed by atoms with E-state index in [9.17, 15) is 5.11 Å². The Labute approximate surface area is 167 Å². The number of rotatable bonds is 2. The van der Waals surface area contributed by atoms with Gasteiger partial charge < -0.3 is 10.0 Å². The molecule has 0 unspecified atom stereocenters. The Kier molecular flexibility index (Phi) is 4.10. The van der Waals surface area contributed by atoms with Gasteiger partial charge in [0, 0.05) is 16.4 Å². The number of aromatic hydroxyl groups is 1. The lowest BCUT2D eigenvalue weighted by molar-refractivity contribution is -0.0736. The zero-order chi connectivity index (χ0) is 18.6. The number of phenolic OH excluding ortho intramolecular Hbond substituents is 1. The van der Waals surface area contributed by atoms with Crippen molar-refractivity contribution in [2.45, 2.75) is 66.7 Å². The van der Waals surface area contributed by atoms with E-state index < -0.39 is 0 Å². The average Bonchev–Trinajstić information content (AvgIpc) is 2.67. The van der Waals surface area contributed by atoms with E-state index in [2.05, 4.69) is 55.3 Å². The van der Waals surface area contributed by atoms with Crippen LogP contribution in [0.25, 0.3) is 0 Å². The Morgan fingerprint density at radius 3 is 2.67 bits per heavy atom. The standard InChI is InChI=1S/C24H29NOS/c1-23-10-6-7-11-24(23)12-13-25(2)22(23)15-17-14-21(20(26)16-19(17)24)27-18-8-4-3-5-9-18/h3-5,8-9,14,16,22,26H,6-7,10-13,15H2,1-2H3/t22-,23+,24+/m0/s1. The fourth-order valence-electron chi connectivity index (χ4n) is 6.44. The SMILES string of the molecule is CN1CC[C@@]23CCCC[C@]2(C)[C@@H]1Cc1cc(Sc2ccccc2)c(O)cc13. The molecule has 2 aromatic carbocycles. The number of likely N-dealkylation sites (N-methyl/N-ethyl adjacent to an activating group) is 1. The van der Waals surface area contributed by atoms with Gasteiger partial charge in [0.1, 0.15) is 5.75 Å². The molecule has 142 valence electrons. The number of benzene rings is 2. The molecule has 2 aliphatic carbocycles. The molecule has 1 aliphatic heterocycles. The smallest absolute Gasteiger partial charge is 0.129 e. The van der Waals surface area contributed by atoms with Crippen molar-refractivity contribution in [3.8, 4) is 5.75 Å². The molecule has 0 radical (unpaired) electrons. The molecule has 5 rings (SSSR count). The van der Waals surface area contributed by atoms with E-state index in [0.29, 0.717) is 17.2 Å². The van der Waals surface area contributed by atoms with Crippen molar-refractivity contribution in [2.24, 2.45) is 5.41 Å². The molecule has 1 heterocycles. The lowest BCUT2D eigenvalue weighted by Crippen LogP contribution is -2.66. The van der Waals surface area contributed by atoms with Crippen molar-refractivity contribution in [1.29, 1.82) is 0 Å². The molecule has 1 saturated heterocycles. The third-order valence-electron chi connectivity index (χ3n) is 7.89. The molecule has 3 heteroatoms. The summed E-state index contributed by atoms with van der Waals surface area (Å²) < 4.78 is 0. The summed E-state index contributed by atoms with van der Waals surface area (Å²) in [6.45, 7) is 3.72. The van der Waals surface area contributed by atoms with Gasteiger partial charge in [-0.05, 0) is 80.1 Å². The summed E-state index contributed by atoms with van der Waals surface area (Å²) in [5, 5.41) is 10.9. The highest BCUT2D eigenvalue weighted by molar-refractivity contribution is 7.99. The van der Waals surface area contributed by atoms with Gasteiger partial charge in [-0.3, -0.25) is 0 Å². The van der Waals surface area contributed by atoms with E-state index in [-0.39, 0.29) is 5.41 Å². The van der Waals surface area contributed by atoms with E-state index in [1.807, 2.05) is 6.07 Å². The second-order valence-corrected chi connectivity index (χ2v) is 10.2. The molecule has 2 nitrogen and oxygen atoms in total. The number of piperidine rings is 1. The van der Waals surface area contributed by atoms with Crippen molar-refractivity contribution in [2.75, 3.05) is 13.6 Å². The minimum Gasteiger partial charge on any atom is -0.507 e. The predicted molar refractivity (Wildman–Crippen MR) is 112 cm³/mol. The molecule has 2 bridgehead atoms. The van der Waals surface area contributed by atoms with Gasteiger partial charge in [-0.15, -0.1) is 0 Å². The number of nitrogens with zero attached hydrogens (tertiary/aromatic N) is 1. The van der Waals surface area contributed by atoms with Gasteiger partial charge in [0.15, 0.2) is 0 Å². The first kappa shape index (κ1) is 17.6. The number of hydrogen-bond acceptors (Lipinski definition) is 3.